The maximum Gasteiger partial charge on any atom is 0.213 e. The van der Waals surface area contributed by atoms with Gasteiger partial charge in [-0.15, -0.1) is 0 Å². The molecule has 1 fully saturated rings. The number of hydrogen-bond donors (Lipinski definition) is 0. The summed E-state index contributed by atoms with van der Waals surface area (Å²) in [5, 5.41) is 0. The van der Waals surface area contributed by atoms with E-state index in [1.54, 1.807) is 0 Å². The van der Waals surface area contributed by atoms with Crippen molar-refractivity contribution in [1.29, 1.82) is 0 Å². The summed E-state index contributed by atoms with van der Waals surface area (Å²) in [6.45, 7) is 4.57. The van der Waals surface area contributed by atoms with Crippen molar-refractivity contribution in [2.75, 3.05) is 0 Å². The van der Waals surface area contributed by atoms with Crippen LogP contribution in [0.15, 0.2) is 66.9 Å². The van der Waals surface area contributed by atoms with Crippen LogP contribution in [0.4, 0.5) is 0 Å². The van der Waals surface area contributed by atoms with E-state index in [-0.39, 0.29) is 0 Å². The second-order valence-corrected chi connectivity index (χ2v) is 8.31. The molecule has 1 nitrogen and oxygen atoms in total. The Morgan fingerprint density at radius 3 is 2.22 bits per heavy atom. The van der Waals surface area contributed by atoms with Crippen LogP contribution in [0.3, 0.4) is 0 Å². The third-order valence-electron chi connectivity index (χ3n) is 6.30. The number of pyridine rings is 1. The van der Waals surface area contributed by atoms with Gasteiger partial charge >= 0.3 is 0 Å². The molecule has 0 unspecified atom stereocenters. The summed E-state index contributed by atoms with van der Waals surface area (Å²) >= 11 is 0. The van der Waals surface area contributed by atoms with Gasteiger partial charge in [0, 0.05) is 17.7 Å². The molecule has 1 heteroatoms. The summed E-state index contributed by atoms with van der Waals surface area (Å²) < 4.78 is 2.21. The Kier molecular flexibility index (Phi) is 5.11. The standard InChI is InChI=1S/C26H30N/c1-19-8-10-21(11-9-19)22-12-14-23(15-13-22)24-16-17-27(3)26(18-24)25-7-5-4-6-20(25)2/h4-7,12-19,21H,8-11H2,1-3H3/q+1. The summed E-state index contributed by atoms with van der Waals surface area (Å²) in [6.07, 6.45) is 7.62. The summed E-state index contributed by atoms with van der Waals surface area (Å²) in [7, 11) is 2.12. The zero-order valence-electron chi connectivity index (χ0n) is 16.8. The maximum atomic E-state index is 2.39. The zero-order valence-corrected chi connectivity index (χ0v) is 16.8. The fourth-order valence-electron chi connectivity index (χ4n) is 4.42. The van der Waals surface area contributed by atoms with E-state index < -0.39 is 0 Å². The molecule has 0 bridgehead atoms. The first-order chi connectivity index (χ1) is 13.1. The highest BCUT2D eigenvalue weighted by molar-refractivity contribution is 5.70. The quantitative estimate of drug-likeness (QED) is 0.475. The van der Waals surface area contributed by atoms with Gasteiger partial charge in [0.1, 0.15) is 7.05 Å². The van der Waals surface area contributed by atoms with E-state index in [1.165, 1.54) is 59.2 Å². The minimum atomic E-state index is 0.756. The van der Waals surface area contributed by atoms with E-state index >= 15 is 0 Å². The minimum absolute atomic E-state index is 0.756. The molecule has 1 saturated carbocycles. The van der Waals surface area contributed by atoms with Gasteiger partial charge in [0.05, 0.1) is 0 Å². The molecule has 3 aromatic rings. The predicted molar refractivity (Wildman–Crippen MR) is 114 cm³/mol. The second-order valence-electron chi connectivity index (χ2n) is 8.31. The molecule has 1 aliphatic rings. The topological polar surface area (TPSA) is 3.88 Å². The fourth-order valence-corrected chi connectivity index (χ4v) is 4.42. The average molecular weight is 357 g/mol. The van der Waals surface area contributed by atoms with Crippen LogP contribution in [0, 0.1) is 12.8 Å². The number of nitrogens with zero attached hydrogens (tertiary/aromatic N) is 1. The summed E-state index contributed by atoms with van der Waals surface area (Å²) in [4.78, 5) is 0. The van der Waals surface area contributed by atoms with Gasteiger partial charge in [-0.3, -0.25) is 0 Å². The largest absolute Gasteiger partial charge is 0.213 e. The first kappa shape index (κ1) is 18.0. The van der Waals surface area contributed by atoms with Crippen LogP contribution in [0.5, 0.6) is 0 Å². The van der Waals surface area contributed by atoms with Crippen LogP contribution in [-0.2, 0) is 7.05 Å². The van der Waals surface area contributed by atoms with Gasteiger partial charge in [-0.25, -0.2) is 4.57 Å². The van der Waals surface area contributed by atoms with Gasteiger partial charge in [0.25, 0.3) is 0 Å². The molecule has 0 radical (unpaired) electrons. The smallest absolute Gasteiger partial charge is 0.201 e. The number of aryl methyl sites for hydroxylation is 2. The summed E-state index contributed by atoms with van der Waals surface area (Å²) in [6, 6.07) is 22.5. The molecule has 4 rings (SSSR count). The molecule has 138 valence electrons. The average Bonchev–Trinajstić information content (AvgIpc) is 2.70. The van der Waals surface area contributed by atoms with Crippen LogP contribution >= 0.6 is 0 Å². The van der Waals surface area contributed by atoms with Crippen molar-refractivity contribution in [2.24, 2.45) is 13.0 Å². The third-order valence-corrected chi connectivity index (χ3v) is 6.30. The van der Waals surface area contributed by atoms with Crippen molar-refractivity contribution in [1.82, 2.24) is 0 Å². The van der Waals surface area contributed by atoms with Crippen molar-refractivity contribution in [3.63, 3.8) is 0 Å². The Balaban J connectivity index is 1.62. The molecule has 1 aliphatic carbocycles. The maximum absolute atomic E-state index is 2.39. The highest BCUT2D eigenvalue weighted by atomic mass is 14.9. The van der Waals surface area contributed by atoms with E-state index in [9.17, 15) is 0 Å². The number of benzene rings is 2. The van der Waals surface area contributed by atoms with Gasteiger partial charge in [-0.2, -0.15) is 0 Å². The Bertz CT molecular complexity index is 915. The molecule has 2 aromatic carbocycles. The van der Waals surface area contributed by atoms with Gasteiger partial charge in [-0.1, -0.05) is 62.2 Å². The number of hydrogen-bond acceptors (Lipinski definition) is 0. The number of aromatic nitrogens is 1. The van der Waals surface area contributed by atoms with Gasteiger partial charge < -0.3 is 0 Å². The van der Waals surface area contributed by atoms with Crippen LogP contribution in [0.2, 0.25) is 0 Å². The lowest BCUT2D eigenvalue weighted by atomic mass is 9.79. The summed E-state index contributed by atoms with van der Waals surface area (Å²) in [5.74, 6) is 1.66. The minimum Gasteiger partial charge on any atom is -0.201 e. The number of rotatable bonds is 3. The van der Waals surface area contributed by atoms with Crippen LogP contribution in [0.25, 0.3) is 22.4 Å². The Labute approximate surface area is 163 Å². The van der Waals surface area contributed by atoms with Gasteiger partial charge in [0.15, 0.2) is 6.20 Å². The molecular formula is C26H30N+. The SMILES string of the molecule is Cc1ccccc1-c1cc(-c2ccc(C3CCC(C)CC3)cc2)cc[n+]1C. The van der Waals surface area contributed by atoms with Crippen molar-refractivity contribution < 1.29 is 4.57 Å². The Morgan fingerprint density at radius 1 is 0.815 bits per heavy atom. The van der Waals surface area contributed by atoms with E-state index in [1.807, 2.05) is 0 Å². The molecular weight excluding hydrogens is 326 g/mol. The van der Waals surface area contributed by atoms with E-state index in [4.69, 9.17) is 0 Å². The third kappa shape index (κ3) is 3.83. The molecule has 1 heterocycles. The van der Waals surface area contributed by atoms with Crippen molar-refractivity contribution in [3.05, 3.63) is 78.0 Å². The van der Waals surface area contributed by atoms with Crippen LogP contribution in [0.1, 0.15) is 49.7 Å². The van der Waals surface area contributed by atoms with Crippen LogP contribution < -0.4 is 4.57 Å². The lowest BCUT2D eigenvalue weighted by molar-refractivity contribution is -0.660. The highest BCUT2D eigenvalue weighted by Crippen LogP contribution is 2.36. The molecule has 0 atom stereocenters. The van der Waals surface area contributed by atoms with Crippen molar-refractivity contribution >= 4 is 0 Å². The molecule has 1 aromatic heterocycles. The van der Waals surface area contributed by atoms with E-state index in [2.05, 4.69) is 92.3 Å². The zero-order chi connectivity index (χ0) is 18.8. The highest BCUT2D eigenvalue weighted by Gasteiger charge is 2.20. The fraction of sp³-hybridized carbons (Fsp3) is 0.346. The molecule has 0 spiro atoms. The lowest BCUT2D eigenvalue weighted by Crippen LogP contribution is -2.30. The Hall–Kier alpha value is -2.41. The predicted octanol–water partition coefficient (Wildman–Crippen LogP) is 6.45. The lowest BCUT2D eigenvalue weighted by Gasteiger charge is -2.26. The molecule has 0 saturated heterocycles. The monoisotopic (exact) mass is 356 g/mol. The first-order valence-electron chi connectivity index (χ1n) is 10.3. The van der Waals surface area contributed by atoms with Gasteiger partial charge in [0.2, 0.25) is 5.69 Å². The summed E-state index contributed by atoms with van der Waals surface area (Å²) in [5.41, 5.74) is 7.98. The van der Waals surface area contributed by atoms with E-state index in [0.717, 1.165) is 11.8 Å². The molecule has 0 amide bonds. The van der Waals surface area contributed by atoms with Crippen LogP contribution in [-0.4, -0.2) is 0 Å². The van der Waals surface area contributed by atoms with E-state index in [0.29, 0.717) is 0 Å². The van der Waals surface area contributed by atoms with Gasteiger partial charge in [-0.05, 0) is 59.9 Å². The van der Waals surface area contributed by atoms with Crippen molar-refractivity contribution in [3.8, 4) is 22.4 Å². The van der Waals surface area contributed by atoms with Crippen molar-refractivity contribution in [2.45, 2.75) is 45.4 Å². The molecule has 0 N–H and O–H groups in total. The first-order valence-corrected chi connectivity index (χ1v) is 10.3. The molecule has 27 heavy (non-hydrogen) atoms. The second kappa shape index (κ2) is 7.68. The normalized spacial score (nSPS) is 19.8. The molecule has 0 aliphatic heterocycles. The Morgan fingerprint density at radius 2 is 1.52 bits per heavy atom.